The van der Waals surface area contributed by atoms with Crippen molar-refractivity contribution in [2.75, 3.05) is 26.2 Å². The molecule has 4 nitrogen and oxygen atoms in total. The summed E-state index contributed by atoms with van der Waals surface area (Å²) in [6.45, 7) is 9.85. The van der Waals surface area contributed by atoms with Gasteiger partial charge in [0.1, 0.15) is 0 Å². The zero-order valence-corrected chi connectivity index (χ0v) is 15.3. The van der Waals surface area contributed by atoms with Crippen molar-refractivity contribution in [2.24, 2.45) is 4.99 Å². The molecular formula is C18H29F3N4. The predicted octanol–water partition coefficient (Wildman–Crippen LogP) is 3.54. The van der Waals surface area contributed by atoms with Gasteiger partial charge in [-0.3, -0.25) is 4.90 Å². The van der Waals surface area contributed by atoms with E-state index in [2.05, 4.69) is 46.5 Å². The maximum absolute atomic E-state index is 12.2. The summed E-state index contributed by atoms with van der Waals surface area (Å²) in [5, 5.41) is 5.69. The van der Waals surface area contributed by atoms with Crippen LogP contribution < -0.4 is 10.6 Å². The van der Waals surface area contributed by atoms with E-state index in [-0.39, 0.29) is 6.54 Å². The number of alkyl halides is 3. The monoisotopic (exact) mass is 358 g/mol. The van der Waals surface area contributed by atoms with E-state index in [1.54, 1.807) is 0 Å². The Labute approximate surface area is 148 Å². The number of aliphatic imine (C=N–C) groups is 1. The highest BCUT2D eigenvalue weighted by Crippen LogP contribution is 2.18. The molecule has 0 bridgehead atoms. The van der Waals surface area contributed by atoms with Gasteiger partial charge in [0.05, 0.1) is 13.0 Å². The first-order valence-electron chi connectivity index (χ1n) is 8.77. The Morgan fingerprint density at radius 1 is 1.08 bits per heavy atom. The average molecular weight is 358 g/mol. The number of rotatable bonds is 9. The maximum atomic E-state index is 12.2. The lowest BCUT2D eigenvalue weighted by molar-refractivity contribution is -0.132. The van der Waals surface area contributed by atoms with E-state index in [1.165, 1.54) is 5.56 Å². The van der Waals surface area contributed by atoms with E-state index in [1.807, 2.05) is 19.1 Å². The topological polar surface area (TPSA) is 39.7 Å². The van der Waals surface area contributed by atoms with Gasteiger partial charge in [-0.15, -0.1) is 0 Å². The highest BCUT2D eigenvalue weighted by molar-refractivity contribution is 5.79. The number of nitrogens with one attached hydrogen (secondary N) is 2. The van der Waals surface area contributed by atoms with Crippen molar-refractivity contribution in [3.8, 4) is 0 Å². The van der Waals surface area contributed by atoms with Crippen molar-refractivity contribution in [1.82, 2.24) is 15.5 Å². The third-order valence-corrected chi connectivity index (χ3v) is 3.76. The molecule has 0 atom stereocenters. The highest BCUT2D eigenvalue weighted by Gasteiger charge is 2.26. The Morgan fingerprint density at radius 2 is 1.76 bits per heavy atom. The van der Waals surface area contributed by atoms with Gasteiger partial charge in [0, 0.05) is 19.6 Å². The van der Waals surface area contributed by atoms with Crippen molar-refractivity contribution in [1.29, 1.82) is 0 Å². The number of benzene rings is 1. The second kappa shape index (κ2) is 11.0. The first kappa shape index (κ1) is 21.3. The van der Waals surface area contributed by atoms with E-state index in [0.717, 1.165) is 25.2 Å². The number of hydrogen-bond donors (Lipinski definition) is 2. The van der Waals surface area contributed by atoms with Gasteiger partial charge in [0.2, 0.25) is 0 Å². The van der Waals surface area contributed by atoms with Gasteiger partial charge >= 0.3 is 6.18 Å². The average Bonchev–Trinajstić information content (AvgIpc) is 2.57. The SMILES string of the molecule is CCNC(=NCc1cccc(CN(CC)CC)c1)NCCC(F)(F)F. The van der Waals surface area contributed by atoms with E-state index in [4.69, 9.17) is 0 Å². The molecule has 0 aliphatic rings. The minimum atomic E-state index is -4.16. The molecule has 0 aliphatic heterocycles. The second-order valence-electron chi connectivity index (χ2n) is 5.77. The summed E-state index contributed by atoms with van der Waals surface area (Å²) >= 11 is 0. The zero-order chi connectivity index (χ0) is 18.7. The number of hydrogen-bond acceptors (Lipinski definition) is 2. The smallest absolute Gasteiger partial charge is 0.357 e. The number of guanidine groups is 1. The molecule has 142 valence electrons. The van der Waals surface area contributed by atoms with E-state index >= 15 is 0 Å². The molecule has 25 heavy (non-hydrogen) atoms. The molecule has 1 aromatic carbocycles. The van der Waals surface area contributed by atoms with Crippen molar-refractivity contribution in [3.05, 3.63) is 35.4 Å². The van der Waals surface area contributed by atoms with Crippen molar-refractivity contribution in [2.45, 2.75) is 46.5 Å². The molecule has 0 spiro atoms. The summed E-state index contributed by atoms with van der Waals surface area (Å²) in [4.78, 5) is 6.70. The van der Waals surface area contributed by atoms with E-state index in [9.17, 15) is 13.2 Å². The maximum Gasteiger partial charge on any atom is 0.390 e. The fourth-order valence-electron chi connectivity index (χ4n) is 2.37. The molecule has 0 saturated carbocycles. The summed E-state index contributed by atoms with van der Waals surface area (Å²) in [6.07, 6.45) is -5.04. The molecule has 0 amide bonds. The summed E-state index contributed by atoms with van der Waals surface area (Å²) in [7, 11) is 0. The van der Waals surface area contributed by atoms with Crippen LogP contribution in [0.5, 0.6) is 0 Å². The molecule has 1 aromatic rings. The van der Waals surface area contributed by atoms with Gasteiger partial charge in [0.15, 0.2) is 5.96 Å². The quantitative estimate of drug-likeness (QED) is 0.524. The van der Waals surface area contributed by atoms with Gasteiger partial charge in [-0.1, -0.05) is 38.1 Å². The van der Waals surface area contributed by atoms with Crippen LogP contribution in [0.15, 0.2) is 29.3 Å². The standard InChI is InChI=1S/C18H29F3N4/c1-4-22-17(23-11-10-18(19,20)21)24-13-15-8-7-9-16(12-15)14-25(5-2)6-3/h7-9,12H,4-6,10-11,13-14H2,1-3H3,(H2,22,23,24). The number of halogens is 3. The molecule has 0 aliphatic carbocycles. The molecular weight excluding hydrogens is 329 g/mol. The molecule has 2 N–H and O–H groups in total. The molecule has 0 aromatic heterocycles. The normalized spacial score (nSPS) is 12.5. The van der Waals surface area contributed by atoms with Gasteiger partial charge in [-0.25, -0.2) is 4.99 Å². The molecule has 0 heterocycles. The lowest BCUT2D eigenvalue weighted by Crippen LogP contribution is -2.38. The zero-order valence-electron chi connectivity index (χ0n) is 15.3. The molecule has 0 fully saturated rings. The molecule has 1 rings (SSSR count). The van der Waals surface area contributed by atoms with Crippen LogP contribution in [0.1, 0.15) is 38.3 Å². The lowest BCUT2D eigenvalue weighted by atomic mass is 10.1. The largest absolute Gasteiger partial charge is 0.390 e. The van der Waals surface area contributed by atoms with Crippen LogP contribution in [0.3, 0.4) is 0 Å². The Hall–Kier alpha value is -1.76. The van der Waals surface area contributed by atoms with Crippen molar-refractivity contribution >= 4 is 5.96 Å². The Kier molecular flexibility index (Phi) is 9.34. The van der Waals surface area contributed by atoms with Crippen molar-refractivity contribution in [3.63, 3.8) is 0 Å². The van der Waals surface area contributed by atoms with Crippen molar-refractivity contribution < 1.29 is 13.2 Å². The number of nitrogens with zero attached hydrogens (tertiary/aromatic N) is 2. The molecule has 0 saturated heterocycles. The fourth-order valence-corrected chi connectivity index (χ4v) is 2.37. The predicted molar refractivity (Wildman–Crippen MR) is 96.6 cm³/mol. The summed E-state index contributed by atoms with van der Waals surface area (Å²) in [6, 6.07) is 8.15. The van der Waals surface area contributed by atoms with Crippen LogP contribution in [0, 0.1) is 0 Å². The minimum absolute atomic E-state index is 0.183. The highest BCUT2D eigenvalue weighted by atomic mass is 19.4. The Bertz CT molecular complexity index is 525. The van der Waals surface area contributed by atoms with Gasteiger partial charge in [-0.05, 0) is 31.1 Å². The molecule has 0 unspecified atom stereocenters. The van der Waals surface area contributed by atoms with Gasteiger partial charge in [0.25, 0.3) is 0 Å². The first-order valence-corrected chi connectivity index (χ1v) is 8.77. The lowest BCUT2D eigenvalue weighted by Gasteiger charge is -2.18. The summed E-state index contributed by atoms with van der Waals surface area (Å²) < 4.78 is 36.7. The first-order chi connectivity index (χ1) is 11.9. The van der Waals surface area contributed by atoms with Crippen LogP contribution in [-0.4, -0.2) is 43.2 Å². The van der Waals surface area contributed by atoms with Crippen LogP contribution in [0.4, 0.5) is 13.2 Å². The van der Waals surface area contributed by atoms with Crippen LogP contribution >= 0.6 is 0 Å². The Balaban J connectivity index is 2.65. The summed E-state index contributed by atoms with van der Waals surface area (Å²) in [5.41, 5.74) is 2.25. The van der Waals surface area contributed by atoms with Crippen LogP contribution in [-0.2, 0) is 13.1 Å². The van der Waals surface area contributed by atoms with Crippen LogP contribution in [0.2, 0.25) is 0 Å². The van der Waals surface area contributed by atoms with Gasteiger partial charge < -0.3 is 10.6 Å². The van der Waals surface area contributed by atoms with Crippen LogP contribution in [0.25, 0.3) is 0 Å². The minimum Gasteiger partial charge on any atom is -0.357 e. The van der Waals surface area contributed by atoms with E-state index < -0.39 is 12.6 Å². The fraction of sp³-hybridized carbons (Fsp3) is 0.611. The third-order valence-electron chi connectivity index (χ3n) is 3.76. The van der Waals surface area contributed by atoms with E-state index in [0.29, 0.717) is 19.0 Å². The summed E-state index contributed by atoms with van der Waals surface area (Å²) in [5.74, 6) is 0.404. The third kappa shape index (κ3) is 9.34. The molecule has 0 radical (unpaired) electrons. The second-order valence-corrected chi connectivity index (χ2v) is 5.77. The van der Waals surface area contributed by atoms with Gasteiger partial charge in [-0.2, -0.15) is 13.2 Å². The Morgan fingerprint density at radius 3 is 2.36 bits per heavy atom. The molecule has 7 heteroatoms.